The average Bonchev–Trinajstić information content (AvgIpc) is 2.59. The second kappa shape index (κ2) is 4.93. The van der Waals surface area contributed by atoms with Crippen molar-refractivity contribution in [2.75, 3.05) is 11.1 Å². The summed E-state index contributed by atoms with van der Waals surface area (Å²) in [4.78, 5) is 12.2. The van der Waals surface area contributed by atoms with Gasteiger partial charge in [0.25, 0.3) is 5.91 Å². The first-order valence-corrected chi connectivity index (χ1v) is 6.15. The first kappa shape index (κ1) is 13.4. The van der Waals surface area contributed by atoms with Gasteiger partial charge in [-0.25, -0.2) is 0 Å². The van der Waals surface area contributed by atoms with Crippen LogP contribution in [-0.2, 0) is 7.05 Å². The number of rotatable bonds is 2. The lowest BCUT2D eigenvalue weighted by Gasteiger charge is -2.08. The average molecular weight is 279 g/mol. The highest BCUT2D eigenvalue weighted by atomic mass is 35.5. The van der Waals surface area contributed by atoms with Crippen LogP contribution in [0.5, 0.6) is 0 Å². The number of amides is 1. The van der Waals surface area contributed by atoms with Gasteiger partial charge < -0.3 is 11.1 Å². The Bertz CT molecular complexity index is 648. The Balaban J connectivity index is 2.34. The predicted octanol–water partition coefficient (Wildman–Crippen LogP) is 2.52. The molecule has 5 nitrogen and oxygen atoms in total. The normalized spacial score (nSPS) is 10.5. The van der Waals surface area contributed by atoms with Crippen LogP contribution >= 0.6 is 11.6 Å². The Labute approximate surface area is 116 Å². The number of hydrogen-bond acceptors (Lipinski definition) is 3. The summed E-state index contributed by atoms with van der Waals surface area (Å²) >= 11 is 6.03. The fourth-order valence-electron chi connectivity index (χ4n) is 1.86. The minimum atomic E-state index is -0.295. The van der Waals surface area contributed by atoms with E-state index in [1.165, 1.54) is 0 Å². The summed E-state index contributed by atoms with van der Waals surface area (Å²) in [6.07, 6.45) is 0. The third kappa shape index (κ3) is 2.42. The summed E-state index contributed by atoms with van der Waals surface area (Å²) in [5, 5.41) is 7.33. The molecule has 100 valence electrons. The quantitative estimate of drug-likeness (QED) is 0.829. The van der Waals surface area contributed by atoms with E-state index in [1.54, 1.807) is 22.9 Å². The lowest BCUT2D eigenvalue weighted by Crippen LogP contribution is -2.14. The molecule has 0 saturated heterocycles. The van der Waals surface area contributed by atoms with E-state index in [0.29, 0.717) is 16.9 Å². The Morgan fingerprint density at radius 2 is 2.11 bits per heavy atom. The van der Waals surface area contributed by atoms with Crippen molar-refractivity contribution in [3.05, 3.63) is 40.2 Å². The van der Waals surface area contributed by atoms with Crippen LogP contribution in [0.3, 0.4) is 0 Å². The largest absolute Gasteiger partial charge is 0.398 e. The second-order valence-electron chi connectivity index (χ2n) is 4.33. The Hall–Kier alpha value is -2.01. The number of nitrogens with zero attached hydrogens (tertiary/aromatic N) is 2. The molecule has 3 N–H and O–H groups in total. The predicted molar refractivity (Wildman–Crippen MR) is 76.5 cm³/mol. The molecule has 1 aromatic heterocycles. The molecule has 0 saturated carbocycles. The minimum absolute atomic E-state index is 0.263. The number of anilines is 2. The Kier molecular flexibility index (Phi) is 3.48. The molecule has 0 aliphatic carbocycles. The number of nitrogens with one attached hydrogen (secondary N) is 1. The van der Waals surface area contributed by atoms with Crippen LogP contribution in [0, 0.1) is 13.8 Å². The number of halogens is 1. The molecule has 1 amide bonds. The van der Waals surface area contributed by atoms with E-state index in [2.05, 4.69) is 10.4 Å². The number of benzene rings is 1. The van der Waals surface area contributed by atoms with Gasteiger partial charge in [0.05, 0.1) is 33.3 Å². The molecule has 0 aliphatic heterocycles. The molecular formula is C13H15ClN4O. The number of carbonyl (C=O) groups excluding carboxylic acids is 1. The van der Waals surface area contributed by atoms with E-state index in [1.807, 2.05) is 20.9 Å². The molecule has 2 rings (SSSR count). The van der Waals surface area contributed by atoms with Gasteiger partial charge in [-0.05, 0) is 26.0 Å². The van der Waals surface area contributed by atoms with Crippen LogP contribution in [0.15, 0.2) is 18.2 Å². The van der Waals surface area contributed by atoms with Gasteiger partial charge in [-0.3, -0.25) is 9.48 Å². The zero-order chi connectivity index (χ0) is 14.2. The van der Waals surface area contributed by atoms with Gasteiger partial charge >= 0.3 is 0 Å². The summed E-state index contributed by atoms with van der Waals surface area (Å²) < 4.78 is 1.71. The van der Waals surface area contributed by atoms with Crippen molar-refractivity contribution in [3.8, 4) is 0 Å². The van der Waals surface area contributed by atoms with Crippen LogP contribution in [-0.4, -0.2) is 15.7 Å². The second-order valence-corrected chi connectivity index (χ2v) is 4.71. The zero-order valence-electron chi connectivity index (χ0n) is 11.0. The number of nitrogen functional groups attached to an aromatic ring is 1. The van der Waals surface area contributed by atoms with Gasteiger partial charge in [0.15, 0.2) is 0 Å². The monoisotopic (exact) mass is 278 g/mol. The van der Waals surface area contributed by atoms with Crippen LogP contribution < -0.4 is 11.1 Å². The topological polar surface area (TPSA) is 72.9 Å². The van der Waals surface area contributed by atoms with Crippen LogP contribution in [0.25, 0.3) is 0 Å². The Morgan fingerprint density at radius 1 is 1.42 bits per heavy atom. The van der Waals surface area contributed by atoms with E-state index in [4.69, 9.17) is 17.3 Å². The Morgan fingerprint density at radius 3 is 2.68 bits per heavy atom. The summed E-state index contributed by atoms with van der Waals surface area (Å²) in [6, 6.07) is 4.98. The van der Waals surface area contributed by atoms with Crippen molar-refractivity contribution in [1.29, 1.82) is 0 Å². The first-order valence-electron chi connectivity index (χ1n) is 5.77. The van der Waals surface area contributed by atoms with Crippen molar-refractivity contribution < 1.29 is 4.79 Å². The highest BCUT2D eigenvalue weighted by Crippen LogP contribution is 2.25. The molecule has 0 atom stereocenters. The molecule has 0 aliphatic rings. The standard InChI is InChI=1S/C13H15ClN4O/c1-7-12(8(2)18(3)17-7)16-13(19)9-5-4-6-10(15)11(9)14/h4-6H,15H2,1-3H3,(H,16,19). The minimum Gasteiger partial charge on any atom is -0.398 e. The third-order valence-electron chi connectivity index (χ3n) is 3.02. The van der Waals surface area contributed by atoms with Gasteiger partial charge in [-0.2, -0.15) is 5.10 Å². The van der Waals surface area contributed by atoms with E-state index in [0.717, 1.165) is 11.4 Å². The molecule has 0 spiro atoms. The van der Waals surface area contributed by atoms with Crippen LogP contribution in [0.4, 0.5) is 11.4 Å². The van der Waals surface area contributed by atoms with E-state index < -0.39 is 0 Å². The van der Waals surface area contributed by atoms with E-state index >= 15 is 0 Å². The van der Waals surface area contributed by atoms with Gasteiger partial charge in [-0.15, -0.1) is 0 Å². The number of carbonyl (C=O) groups is 1. The molecule has 0 fully saturated rings. The summed E-state index contributed by atoms with van der Waals surface area (Å²) in [5.41, 5.74) is 8.76. The smallest absolute Gasteiger partial charge is 0.257 e. The SMILES string of the molecule is Cc1nn(C)c(C)c1NC(=O)c1cccc(N)c1Cl. The first-order chi connectivity index (χ1) is 8.91. The molecule has 0 radical (unpaired) electrons. The van der Waals surface area contributed by atoms with Crippen molar-refractivity contribution in [2.45, 2.75) is 13.8 Å². The lowest BCUT2D eigenvalue weighted by atomic mass is 10.2. The molecule has 1 heterocycles. The van der Waals surface area contributed by atoms with Crippen LogP contribution in [0.1, 0.15) is 21.7 Å². The summed E-state index contributed by atoms with van der Waals surface area (Å²) in [5.74, 6) is -0.295. The summed E-state index contributed by atoms with van der Waals surface area (Å²) in [6.45, 7) is 3.72. The van der Waals surface area contributed by atoms with E-state index in [-0.39, 0.29) is 10.9 Å². The lowest BCUT2D eigenvalue weighted by molar-refractivity contribution is 0.102. The molecule has 0 unspecified atom stereocenters. The molecule has 1 aromatic carbocycles. The highest BCUT2D eigenvalue weighted by Gasteiger charge is 2.16. The summed E-state index contributed by atoms with van der Waals surface area (Å²) in [7, 11) is 1.82. The molecule has 2 aromatic rings. The number of aromatic nitrogens is 2. The zero-order valence-corrected chi connectivity index (χ0v) is 11.7. The van der Waals surface area contributed by atoms with Gasteiger partial charge in [0, 0.05) is 7.05 Å². The fourth-order valence-corrected chi connectivity index (χ4v) is 2.07. The molecule has 0 bridgehead atoms. The van der Waals surface area contributed by atoms with Gasteiger partial charge in [0.1, 0.15) is 0 Å². The number of hydrogen-bond donors (Lipinski definition) is 2. The molecule has 19 heavy (non-hydrogen) atoms. The van der Waals surface area contributed by atoms with Crippen molar-refractivity contribution in [1.82, 2.24) is 9.78 Å². The number of aryl methyl sites for hydroxylation is 2. The number of nitrogens with two attached hydrogens (primary N) is 1. The van der Waals surface area contributed by atoms with Crippen molar-refractivity contribution in [2.24, 2.45) is 7.05 Å². The maximum Gasteiger partial charge on any atom is 0.257 e. The molecule has 6 heteroatoms. The van der Waals surface area contributed by atoms with Gasteiger partial charge in [0.2, 0.25) is 0 Å². The maximum absolute atomic E-state index is 12.2. The highest BCUT2D eigenvalue weighted by molar-refractivity contribution is 6.36. The molecular weight excluding hydrogens is 264 g/mol. The van der Waals surface area contributed by atoms with Crippen LogP contribution in [0.2, 0.25) is 5.02 Å². The van der Waals surface area contributed by atoms with Gasteiger partial charge in [-0.1, -0.05) is 17.7 Å². The fraction of sp³-hybridized carbons (Fsp3) is 0.231. The van der Waals surface area contributed by atoms with Crippen molar-refractivity contribution in [3.63, 3.8) is 0 Å². The van der Waals surface area contributed by atoms with Crippen molar-refractivity contribution >= 4 is 28.9 Å². The third-order valence-corrected chi connectivity index (χ3v) is 3.44. The maximum atomic E-state index is 12.2. The van der Waals surface area contributed by atoms with E-state index in [9.17, 15) is 4.79 Å².